The predicted molar refractivity (Wildman–Crippen MR) is 122 cm³/mol. The van der Waals surface area contributed by atoms with E-state index >= 15 is 0 Å². The van der Waals surface area contributed by atoms with Crippen LogP contribution in [-0.2, 0) is 5.41 Å². The Hall–Kier alpha value is -2.57. The van der Waals surface area contributed by atoms with E-state index in [2.05, 4.69) is 55.1 Å². The number of rotatable bonds is 5. The van der Waals surface area contributed by atoms with Crippen molar-refractivity contribution in [1.82, 2.24) is 15.1 Å². The van der Waals surface area contributed by atoms with Gasteiger partial charge in [0.2, 0.25) is 6.79 Å². The van der Waals surface area contributed by atoms with Gasteiger partial charge in [-0.05, 0) is 47.9 Å². The van der Waals surface area contributed by atoms with Crippen LogP contribution in [0.4, 0.5) is 0 Å². The molecule has 1 N–H and O–H groups in total. The van der Waals surface area contributed by atoms with Gasteiger partial charge in [-0.3, -0.25) is 9.69 Å². The Bertz CT molecular complexity index is 913. The molecule has 2 aromatic rings. The van der Waals surface area contributed by atoms with Crippen molar-refractivity contribution >= 4 is 5.91 Å². The predicted octanol–water partition coefficient (Wildman–Crippen LogP) is 3.43. The topological polar surface area (TPSA) is 54.0 Å². The van der Waals surface area contributed by atoms with Crippen LogP contribution in [0.1, 0.15) is 48.3 Å². The minimum atomic E-state index is -0.0414. The molecule has 2 aliphatic heterocycles. The smallest absolute Gasteiger partial charge is 0.251 e. The normalized spacial score (nSPS) is 18.1. The number of carbonyl (C=O) groups is 1. The molecule has 166 valence electrons. The molecule has 2 aromatic carbocycles. The number of carbonyl (C=O) groups excluding carboxylic acids is 1. The zero-order valence-corrected chi connectivity index (χ0v) is 19.0. The highest BCUT2D eigenvalue weighted by Gasteiger charge is 2.26. The molecule has 0 saturated carbocycles. The second-order valence-corrected chi connectivity index (χ2v) is 9.51. The third-order valence-electron chi connectivity index (χ3n) is 6.23. The molecule has 6 heteroatoms. The molecule has 31 heavy (non-hydrogen) atoms. The van der Waals surface area contributed by atoms with E-state index in [1.807, 2.05) is 30.3 Å². The molecule has 1 atom stereocenters. The molecule has 2 aliphatic rings. The molecule has 0 unspecified atom stereocenters. The van der Waals surface area contributed by atoms with Crippen molar-refractivity contribution in [2.45, 2.75) is 32.2 Å². The number of piperazine rings is 1. The van der Waals surface area contributed by atoms with E-state index in [9.17, 15) is 4.79 Å². The molecule has 4 rings (SSSR count). The fraction of sp³-hybridized carbons (Fsp3) is 0.480. The zero-order valence-electron chi connectivity index (χ0n) is 19.0. The summed E-state index contributed by atoms with van der Waals surface area (Å²) < 4.78 is 11.1. The third kappa shape index (κ3) is 5.02. The van der Waals surface area contributed by atoms with Gasteiger partial charge in [-0.1, -0.05) is 39.0 Å². The highest BCUT2D eigenvalue weighted by Crippen LogP contribution is 2.35. The van der Waals surface area contributed by atoms with Crippen LogP contribution in [0.25, 0.3) is 0 Å². The van der Waals surface area contributed by atoms with Gasteiger partial charge in [-0.2, -0.15) is 0 Å². The van der Waals surface area contributed by atoms with Gasteiger partial charge in [0.1, 0.15) is 0 Å². The van der Waals surface area contributed by atoms with E-state index in [1.54, 1.807) is 0 Å². The number of amides is 1. The molecule has 0 spiro atoms. The zero-order chi connectivity index (χ0) is 22.0. The van der Waals surface area contributed by atoms with Crippen LogP contribution in [0.5, 0.6) is 11.5 Å². The van der Waals surface area contributed by atoms with Crippen LogP contribution in [0, 0.1) is 0 Å². The van der Waals surface area contributed by atoms with Crippen LogP contribution in [0.2, 0.25) is 0 Å². The van der Waals surface area contributed by atoms with Gasteiger partial charge in [-0.15, -0.1) is 0 Å². The number of nitrogens with zero attached hydrogens (tertiary/aromatic N) is 2. The van der Waals surface area contributed by atoms with Crippen molar-refractivity contribution in [3.8, 4) is 11.5 Å². The molecular formula is C25H33N3O3. The first-order chi connectivity index (χ1) is 14.8. The van der Waals surface area contributed by atoms with Crippen molar-refractivity contribution in [1.29, 1.82) is 0 Å². The third-order valence-corrected chi connectivity index (χ3v) is 6.23. The Labute approximate surface area is 185 Å². The maximum Gasteiger partial charge on any atom is 0.251 e. The Balaban J connectivity index is 1.49. The van der Waals surface area contributed by atoms with E-state index in [4.69, 9.17) is 9.47 Å². The molecule has 0 aromatic heterocycles. The lowest BCUT2D eigenvalue weighted by Crippen LogP contribution is -2.48. The standard InChI is InChI=1S/C25H33N3O3/c1-25(2,3)20-8-5-18(6-9-20)24(29)26-16-21(28-13-11-27(4)12-14-28)19-7-10-22-23(15-19)31-17-30-22/h5-10,15,21H,11-14,16-17H2,1-4H3,(H,26,29)/t21-/m1/s1. The minimum Gasteiger partial charge on any atom is -0.454 e. The van der Waals surface area contributed by atoms with Crippen molar-refractivity contribution < 1.29 is 14.3 Å². The van der Waals surface area contributed by atoms with E-state index in [-0.39, 0.29) is 24.2 Å². The largest absolute Gasteiger partial charge is 0.454 e. The Morgan fingerprint density at radius 3 is 2.35 bits per heavy atom. The van der Waals surface area contributed by atoms with E-state index < -0.39 is 0 Å². The highest BCUT2D eigenvalue weighted by molar-refractivity contribution is 5.94. The average Bonchev–Trinajstić information content (AvgIpc) is 3.22. The number of hydrogen-bond acceptors (Lipinski definition) is 5. The van der Waals surface area contributed by atoms with Crippen LogP contribution in [-0.4, -0.2) is 62.3 Å². The fourth-order valence-electron chi connectivity index (χ4n) is 4.12. The molecule has 1 amide bonds. The Morgan fingerprint density at radius 1 is 1.00 bits per heavy atom. The molecule has 1 fully saturated rings. The van der Waals surface area contributed by atoms with Gasteiger partial charge in [0, 0.05) is 38.3 Å². The van der Waals surface area contributed by atoms with Crippen molar-refractivity contribution in [3.63, 3.8) is 0 Å². The van der Waals surface area contributed by atoms with Gasteiger partial charge in [0.25, 0.3) is 5.91 Å². The number of hydrogen-bond donors (Lipinski definition) is 1. The first-order valence-electron chi connectivity index (χ1n) is 11.0. The fourth-order valence-corrected chi connectivity index (χ4v) is 4.12. The second kappa shape index (κ2) is 8.89. The molecule has 6 nitrogen and oxygen atoms in total. The molecule has 0 aliphatic carbocycles. The summed E-state index contributed by atoms with van der Waals surface area (Å²) >= 11 is 0. The maximum absolute atomic E-state index is 12.9. The van der Waals surface area contributed by atoms with Gasteiger partial charge in [0.15, 0.2) is 11.5 Å². The Morgan fingerprint density at radius 2 is 1.68 bits per heavy atom. The summed E-state index contributed by atoms with van der Waals surface area (Å²) in [6.45, 7) is 11.3. The van der Waals surface area contributed by atoms with Crippen LogP contribution >= 0.6 is 0 Å². The minimum absolute atomic E-state index is 0.0414. The van der Waals surface area contributed by atoms with Crippen molar-refractivity contribution in [2.75, 3.05) is 46.6 Å². The lowest BCUT2D eigenvalue weighted by Gasteiger charge is -2.38. The number of nitrogens with one attached hydrogen (secondary N) is 1. The SMILES string of the molecule is CN1CCN([C@H](CNC(=O)c2ccc(C(C)(C)C)cc2)c2ccc3c(c2)OCO3)CC1. The van der Waals surface area contributed by atoms with Gasteiger partial charge < -0.3 is 19.7 Å². The summed E-state index contributed by atoms with van der Waals surface area (Å²) in [4.78, 5) is 17.7. The van der Waals surface area contributed by atoms with Gasteiger partial charge >= 0.3 is 0 Å². The monoisotopic (exact) mass is 423 g/mol. The van der Waals surface area contributed by atoms with Gasteiger partial charge in [-0.25, -0.2) is 0 Å². The average molecular weight is 424 g/mol. The quantitative estimate of drug-likeness (QED) is 0.799. The lowest BCUT2D eigenvalue weighted by molar-refractivity contribution is 0.0886. The second-order valence-electron chi connectivity index (χ2n) is 9.51. The van der Waals surface area contributed by atoms with Crippen LogP contribution in [0.15, 0.2) is 42.5 Å². The van der Waals surface area contributed by atoms with E-state index in [0.717, 1.165) is 43.2 Å². The number of ether oxygens (including phenoxy) is 2. The summed E-state index contributed by atoms with van der Waals surface area (Å²) in [7, 11) is 2.15. The summed E-state index contributed by atoms with van der Waals surface area (Å²) in [6, 6.07) is 14.1. The van der Waals surface area contributed by atoms with Crippen molar-refractivity contribution in [3.05, 3.63) is 59.2 Å². The molecule has 0 radical (unpaired) electrons. The Kier molecular flexibility index (Phi) is 6.21. The molecule has 1 saturated heterocycles. The number of likely N-dealkylation sites (N-methyl/N-ethyl adjacent to an activating group) is 1. The first-order valence-corrected chi connectivity index (χ1v) is 11.0. The summed E-state index contributed by atoms with van der Waals surface area (Å²) in [6.07, 6.45) is 0. The summed E-state index contributed by atoms with van der Waals surface area (Å²) in [5, 5.41) is 3.17. The number of benzene rings is 2. The highest BCUT2D eigenvalue weighted by atomic mass is 16.7. The molecular weight excluding hydrogens is 390 g/mol. The lowest BCUT2D eigenvalue weighted by atomic mass is 9.87. The first kappa shape index (κ1) is 21.7. The molecule has 0 bridgehead atoms. The maximum atomic E-state index is 12.9. The van der Waals surface area contributed by atoms with Crippen LogP contribution in [0.3, 0.4) is 0 Å². The van der Waals surface area contributed by atoms with E-state index in [1.165, 1.54) is 5.56 Å². The summed E-state index contributed by atoms with van der Waals surface area (Å²) in [5.41, 5.74) is 3.12. The van der Waals surface area contributed by atoms with Crippen molar-refractivity contribution in [2.24, 2.45) is 0 Å². The van der Waals surface area contributed by atoms with Gasteiger partial charge in [0.05, 0.1) is 6.04 Å². The number of fused-ring (bicyclic) bond motifs is 1. The van der Waals surface area contributed by atoms with Crippen LogP contribution < -0.4 is 14.8 Å². The molecule has 2 heterocycles. The van der Waals surface area contributed by atoms with E-state index in [0.29, 0.717) is 12.1 Å². The summed E-state index contributed by atoms with van der Waals surface area (Å²) in [5.74, 6) is 1.52.